The highest BCUT2D eigenvalue weighted by atomic mass is 32.1. The molecule has 3 aromatic heterocycles. The summed E-state index contributed by atoms with van der Waals surface area (Å²) < 4.78 is 7.45. The van der Waals surface area contributed by atoms with Crippen LogP contribution in [0.25, 0.3) is 5.82 Å². The summed E-state index contributed by atoms with van der Waals surface area (Å²) in [4.78, 5) is 8.31. The highest BCUT2D eigenvalue weighted by Gasteiger charge is 2.13. The van der Waals surface area contributed by atoms with Gasteiger partial charge in [0.25, 0.3) is 0 Å². The van der Waals surface area contributed by atoms with E-state index < -0.39 is 0 Å². The molecule has 0 fully saturated rings. The minimum Gasteiger partial charge on any atom is -0.383 e. The van der Waals surface area contributed by atoms with Crippen LogP contribution < -0.4 is 0 Å². The number of rotatable bonds is 8. The van der Waals surface area contributed by atoms with Crippen molar-refractivity contribution in [2.45, 2.75) is 20.0 Å². The molecule has 0 atom stereocenters. The van der Waals surface area contributed by atoms with Crippen molar-refractivity contribution in [2.24, 2.45) is 0 Å². The predicted molar refractivity (Wildman–Crippen MR) is 98.6 cm³/mol. The summed E-state index contributed by atoms with van der Waals surface area (Å²) in [6.07, 6.45) is 3.90. The smallest absolute Gasteiger partial charge is 0.136 e. The Morgan fingerprint density at radius 3 is 2.79 bits per heavy atom. The van der Waals surface area contributed by atoms with E-state index >= 15 is 0 Å². The third kappa shape index (κ3) is 4.12. The summed E-state index contributed by atoms with van der Waals surface area (Å²) in [6, 6.07) is 12.4. The SMILES string of the molecule is COCCN(Cc1sccc1C)Cc1cccn1-c1ccccn1. The quantitative estimate of drug-likeness (QED) is 0.623. The second-order valence-electron chi connectivity index (χ2n) is 5.79. The third-order valence-electron chi connectivity index (χ3n) is 4.06. The van der Waals surface area contributed by atoms with Gasteiger partial charge in [-0.15, -0.1) is 11.3 Å². The number of nitrogens with zero attached hydrogens (tertiary/aromatic N) is 3. The van der Waals surface area contributed by atoms with Gasteiger partial charge in [0.05, 0.1) is 6.61 Å². The van der Waals surface area contributed by atoms with Gasteiger partial charge in [-0.05, 0) is 48.2 Å². The van der Waals surface area contributed by atoms with Crippen molar-refractivity contribution in [1.29, 1.82) is 0 Å². The summed E-state index contributed by atoms with van der Waals surface area (Å²) in [6.45, 7) is 5.62. The molecule has 3 aromatic rings. The Morgan fingerprint density at radius 2 is 2.08 bits per heavy atom. The van der Waals surface area contributed by atoms with Crippen LogP contribution in [0.4, 0.5) is 0 Å². The molecule has 126 valence electrons. The molecule has 5 heteroatoms. The van der Waals surface area contributed by atoms with Crippen molar-refractivity contribution < 1.29 is 4.74 Å². The van der Waals surface area contributed by atoms with E-state index in [0.717, 1.165) is 32.1 Å². The number of pyridine rings is 1. The van der Waals surface area contributed by atoms with E-state index in [4.69, 9.17) is 4.74 Å². The average molecular weight is 341 g/mol. The first-order valence-corrected chi connectivity index (χ1v) is 8.98. The molecule has 24 heavy (non-hydrogen) atoms. The van der Waals surface area contributed by atoms with E-state index in [0.29, 0.717) is 0 Å². The maximum atomic E-state index is 5.30. The fraction of sp³-hybridized carbons (Fsp3) is 0.316. The van der Waals surface area contributed by atoms with Crippen LogP contribution in [0.1, 0.15) is 16.1 Å². The maximum Gasteiger partial charge on any atom is 0.136 e. The highest BCUT2D eigenvalue weighted by Crippen LogP contribution is 2.20. The molecule has 0 aliphatic carbocycles. The molecule has 3 heterocycles. The summed E-state index contributed by atoms with van der Waals surface area (Å²) in [7, 11) is 1.76. The molecule has 0 saturated heterocycles. The van der Waals surface area contributed by atoms with E-state index in [2.05, 4.69) is 51.2 Å². The van der Waals surface area contributed by atoms with Crippen LogP contribution in [0.15, 0.2) is 54.2 Å². The monoisotopic (exact) mass is 341 g/mol. The second-order valence-corrected chi connectivity index (χ2v) is 6.79. The Labute approximate surface area is 147 Å². The van der Waals surface area contributed by atoms with E-state index in [1.165, 1.54) is 16.1 Å². The van der Waals surface area contributed by atoms with Gasteiger partial charge in [0.1, 0.15) is 5.82 Å². The van der Waals surface area contributed by atoms with E-state index in [9.17, 15) is 0 Å². The first-order valence-electron chi connectivity index (χ1n) is 8.10. The molecule has 0 saturated carbocycles. The van der Waals surface area contributed by atoms with Crippen LogP contribution in [0, 0.1) is 6.92 Å². The molecule has 0 aliphatic heterocycles. The summed E-state index contributed by atoms with van der Waals surface area (Å²) in [5.74, 6) is 0.955. The zero-order chi connectivity index (χ0) is 16.8. The summed E-state index contributed by atoms with van der Waals surface area (Å²) >= 11 is 1.82. The maximum absolute atomic E-state index is 5.30. The van der Waals surface area contributed by atoms with Crippen LogP contribution in [0.3, 0.4) is 0 Å². The minimum atomic E-state index is 0.731. The largest absolute Gasteiger partial charge is 0.383 e. The van der Waals surface area contributed by atoms with E-state index in [1.54, 1.807) is 7.11 Å². The molecular formula is C19H23N3OS. The normalized spacial score (nSPS) is 11.3. The lowest BCUT2D eigenvalue weighted by atomic mass is 10.2. The Bertz CT molecular complexity index is 751. The van der Waals surface area contributed by atoms with Crippen LogP contribution in [0.2, 0.25) is 0 Å². The van der Waals surface area contributed by atoms with E-state index in [1.807, 2.05) is 35.7 Å². The lowest BCUT2D eigenvalue weighted by Gasteiger charge is -2.22. The molecule has 4 nitrogen and oxygen atoms in total. The number of aryl methyl sites for hydroxylation is 1. The number of thiophene rings is 1. The predicted octanol–water partition coefficient (Wildman–Crippen LogP) is 3.89. The van der Waals surface area contributed by atoms with Gasteiger partial charge in [-0.2, -0.15) is 0 Å². The molecule has 0 aromatic carbocycles. The van der Waals surface area contributed by atoms with Gasteiger partial charge >= 0.3 is 0 Å². The molecule has 0 bridgehead atoms. The number of ether oxygens (including phenoxy) is 1. The van der Waals surface area contributed by atoms with Crippen molar-refractivity contribution in [3.8, 4) is 5.82 Å². The van der Waals surface area contributed by atoms with Crippen LogP contribution in [-0.4, -0.2) is 34.7 Å². The Morgan fingerprint density at radius 1 is 1.17 bits per heavy atom. The minimum absolute atomic E-state index is 0.731. The van der Waals surface area contributed by atoms with Gasteiger partial charge in [-0.1, -0.05) is 6.07 Å². The van der Waals surface area contributed by atoms with Gasteiger partial charge in [-0.25, -0.2) is 4.98 Å². The number of aromatic nitrogens is 2. The Kier molecular flexibility index (Phi) is 5.80. The molecule has 0 radical (unpaired) electrons. The second kappa shape index (κ2) is 8.24. The molecule has 0 aliphatic rings. The fourth-order valence-corrected chi connectivity index (χ4v) is 3.64. The standard InChI is InChI=1S/C19H23N3OS/c1-16-8-13-24-18(16)15-21(11-12-23-2)14-17-6-5-10-22(17)19-7-3-4-9-20-19/h3-10,13H,11-12,14-15H2,1-2H3. The molecule has 3 rings (SSSR count). The topological polar surface area (TPSA) is 30.3 Å². The van der Waals surface area contributed by atoms with Crippen LogP contribution in [-0.2, 0) is 17.8 Å². The average Bonchev–Trinajstić information content (AvgIpc) is 3.23. The Hall–Kier alpha value is -1.95. The highest BCUT2D eigenvalue weighted by molar-refractivity contribution is 7.10. The zero-order valence-electron chi connectivity index (χ0n) is 14.2. The van der Waals surface area contributed by atoms with Crippen molar-refractivity contribution in [3.05, 3.63) is 70.3 Å². The molecular weight excluding hydrogens is 318 g/mol. The van der Waals surface area contributed by atoms with Crippen molar-refractivity contribution in [2.75, 3.05) is 20.3 Å². The molecule has 0 spiro atoms. The van der Waals surface area contributed by atoms with Gasteiger partial charge < -0.3 is 9.30 Å². The van der Waals surface area contributed by atoms with Crippen molar-refractivity contribution in [1.82, 2.24) is 14.5 Å². The fourth-order valence-electron chi connectivity index (χ4n) is 2.70. The third-order valence-corrected chi connectivity index (χ3v) is 5.07. The van der Waals surface area contributed by atoms with Crippen molar-refractivity contribution in [3.63, 3.8) is 0 Å². The van der Waals surface area contributed by atoms with Gasteiger partial charge in [0, 0.05) is 49.7 Å². The molecule has 0 amide bonds. The summed E-state index contributed by atoms with van der Waals surface area (Å²) in [5.41, 5.74) is 2.60. The van der Waals surface area contributed by atoms with Crippen molar-refractivity contribution >= 4 is 11.3 Å². The van der Waals surface area contributed by atoms with Crippen LogP contribution >= 0.6 is 11.3 Å². The van der Waals surface area contributed by atoms with Gasteiger partial charge in [0.2, 0.25) is 0 Å². The number of hydrogen-bond acceptors (Lipinski definition) is 4. The lowest BCUT2D eigenvalue weighted by molar-refractivity contribution is 0.139. The van der Waals surface area contributed by atoms with E-state index in [-0.39, 0.29) is 0 Å². The van der Waals surface area contributed by atoms with Gasteiger partial charge in [-0.3, -0.25) is 4.90 Å². The lowest BCUT2D eigenvalue weighted by Crippen LogP contribution is -2.27. The van der Waals surface area contributed by atoms with Gasteiger partial charge in [0.15, 0.2) is 0 Å². The molecule has 0 unspecified atom stereocenters. The first-order chi connectivity index (χ1) is 11.8. The molecule has 0 N–H and O–H groups in total. The summed E-state index contributed by atoms with van der Waals surface area (Å²) in [5, 5.41) is 2.16. The zero-order valence-corrected chi connectivity index (χ0v) is 15.0. The number of hydrogen-bond donors (Lipinski definition) is 0. The van der Waals surface area contributed by atoms with Crippen LogP contribution in [0.5, 0.6) is 0 Å². The number of methoxy groups -OCH3 is 1. The first kappa shape index (κ1) is 16.9. The Balaban J connectivity index is 1.78.